The molecular weight excluding hydrogens is 190 g/mol. The third-order valence-corrected chi connectivity index (χ3v) is 2.44. The number of nitrogens with two attached hydrogens (primary N) is 1. The molecule has 0 unspecified atom stereocenters. The van der Waals surface area contributed by atoms with Gasteiger partial charge in [-0.25, -0.2) is 0 Å². The first-order chi connectivity index (χ1) is 7.15. The largest absolute Gasteiger partial charge is 0.380 e. The van der Waals surface area contributed by atoms with E-state index < -0.39 is 0 Å². The molecule has 0 radical (unpaired) electrons. The van der Waals surface area contributed by atoms with Crippen molar-refractivity contribution in [3.63, 3.8) is 0 Å². The first-order valence-corrected chi connectivity index (χ1v) is 5.13. The van der Waals surface area contributed by atoms with Crippen molar-refractivity contribution in [1.82, 2.24) is 20.0 Å². The van der Waals surface area contributed by atoms with E-state index in [-0.39, 0.29) is 6.04 Å². The lowest BCUT2D eigenvalue weighted by Crippen LogP contribution is -2.05. The van der Waals surface area contributed by atoms with E-state index in [2.05, 4.69) is 36.1 Å². The molecular formula is C10H15N5. The molecule has 0 saturated carbocycles. The van der Waals surface area contributed by atoms with E-state index in [0.717, 1.165) is 23.0 Å². The van der Waals surface area contributed by atoms with Crippen molar-refractivity contribution in [1.29, 1.82) is 0 Å². The molecule has 0 aromatic carbocycles. The Morgan fingerprint density at radius 3 is 2.80 bits per heavy atom. The standard InChI is InChI=1S/C10H15N5/c1-4-8-7-5-12-13-10(11)9(7)15(14-8)6(2)3/h5-6H,4H2,1-3H3,(H2,11,13). The number of anilines is 1. The maximum absolute atomic E-state index is 5.83. The average Bonchev–Trinajstić information content (AvgIpc) is 2.58. The highest BCUT2D eigenvalue weighted by atomic mass is 15.3. The van der Waals surface area contributed by atoms with Crippen LogP contribution in [0.5, 0.6) is 0 Å². The number of aryl methyl sites for hydroxylation is 1. The van der Waals surface area contributed by atoms with Gasteiger partial charge in [0.25, 0.3) is 0 Å². The minimum Gasteiger partial charge on any atom is -0.380 e. The third kappa shape index (κ3) is 1.44. The second-order valence-electron chi connectivity index (χ2n) is 3.83. The molecule has 2 aromatic rings. The van der Waals surface area contributed by atoms with Gasteiger partial charge in [-0.2, -0.15) is 10.2 Å². The van der Waals surface area contributed by atoms with Crippen LogP contribution in [0.4, 0.5) is 5.82 Å². The van der Waals surface area contributed by atoms with Gasteiger partial charge in [0.1, 0.15) is 5.52 Å². The number of aromatic nitrogens is 4. The maximum atomic E-state index is 5.83. The summed E-state index contributed by atoms with van der Waals surface area (Å²) in [4.78, 5) is 0. The van der Waals surface area contributed by atoms with Gasteiger partial charge in [-0.1, -0.05) is 6.92 Å². The molecule has 0 saturated heterocycles. The molecule has 2 rings (SSSR count). The Morgan fingerprint density at radius 1 is 1.47 bits per heavy atom. The van der Waals surface area contributed by atoms with Crippen molar-refractivity contribution in [2.24, 2.45) is 0 Å². The van der Waals surface area contributed by atoms with Crippen LogP contribution in [-0.4, -0.2) is 20.0 Å². The highest BCUT2D eigenvalue weighted by molar-refractivity contribution is 5.88. The second kappa shape index (κ2) is 3.49. The van der Waals surface area contributed by atoms with Crippen molar-refractivity contribution in [3.05, 3.63) is 11.9 Å². The molecule has 5 heteroatoms. The van der Waals surface area contributed by atoms with E-state index in [4.69, 9.17) is 5.73 Å². The maximum Gasteiger partial charge on any atom is 0.172 e. The number of hydrogen-bond acceptors (Lipinski definition) is 4. The monoisotopic (exact) mass is 205 g/mol. The van der Waals surface area contributed by atoms with Crippen LogP contribution in [0.15, 0.2) is 6.20 Å². The normalized spacial score (nSPS) is 11.5. The van der Waals surface area contributed by atoms with Crippen LogP contribution in [0.25, 0.3) is 10.9 Å². The molecule has 0 fully saturated rings. The van der Waals surface area contributed by atoms with Gasteiger partial charge < -0.3 is 5.73 Å². The summed E-state index contributed by atoms with van der Waals surface area (Å²) in [7, 11) is 0. The van der Waals surface area contributed by atoms with Gasteiger partial charge in [0.15, 0.2) is 5.82 Å². The molecule has 0 aliphatic carbocycles. The van der Waals surface area contributed by atoms with Crippen LogP contribution in [0, 0.1) is 0 Å². The lowest BCUT2D eigenvalue weighted by Gasteiger charge is -2.07. The molecule has 0 bridgehead atoms. The van der Waals surface area contributed by atoms with Crippen molar-refractivity contribution in [2.45, 2.75) is 33.2 Å². The summed E-state index contributed by atoms with van der Waals surface area (Å²) in [5, 5.41) is 13.3. The van der Waals surface area contributed by atoms with Gasteiger partial charge in [0.2, 0.25) is 0 Å². The highest BCUT2D eigenvalue weighted by Gasteiger charge is 2.14. The van der Waals surface area contributed by atoms with Crippen molar-refractivity contribution >= 4 is 16.7 Å². The Labute approximate surface area is 88.3 Å². The van der Waals surface area contributed by atoms with Gasteiger partial charge in [-0.15, -0.1) is 5.10 Å². The first-order valence-electron chi connectivity index (χ1n) is 5.13. The van der Waals surface area contributed by atoms with Crippen LogP contribution < -0.4 is 5.73 Å². The van der Waals surface area contributed by atoms with Gasteiger partial charge in [-0.3, -0.25) is 4.68 Å². The number of rotatable bonds is 2. The number of nitrogen functional groups attached to an aromatic ring is 1. The van der Waals surface area contributed by atoms with Crippen LogP contribution in [0.1, 0.15) is 32.5 Å². The second-order valence-corrected chi connectivity index (χ2v) is 3.83. The molecule has 0 aliphatic heterocycles. The smallest absolute Gasteiger partial charge is 0.172 e. The summed E-state index contributed by atoms with van der Waals surface area (Å²) in [6.07, 6.45) is 2.61. The minimum absolute atomic E-state index is 0.277. The van der Waals surface area contributed by atoms with E-state index in [1.54, 1.807) is 6.20 Å². The third-order valence-electron chi connectivity index (χ3n) is 2.44. The predicted molar refractivity (Wildman–Crippen MR) is 59.5 cm³/mol. The Bertz CT molecular complexity index is 486. The summed E-state index contributed by atoms with van der Waals surface area (Å²) in [5.41, 5.74) is 7.76. The summed E-state index contributed by atoms with van der Waals surface area (Å²) < 4.78 is 1.91. The average molecular weight is 205 g/mol. The fourth-order valence-corrected chi connectivity index (χ4v) is 1.72. The number of hydrogen-bond donors (Lipinski definition) is 1. The van der Waals surface area contributed by atoms with Crippen LogP contribution in [0.2, 0.25) is 0 Å². The van der Waals surface area contributed by atoms with Gasteiger partial charge in [0, 0.05) is 11.4 Å². The zero-order valence-electron chi connectivity index (χ0n) is 9.23. The Kier molecular flexibility index (Phi) is 2.30. The highest BCUT2D eigenvalue weighted by Crippen LogP contribution is 2.24. The van der Waals surface area contributed by atoms with Gasteiger partial charge in [-0.05, 0) is 20.3 Å². The van der Waals surface area contributed by atoms with Gasteiger partial charge >= 0.3 is 0 Å². The SMILES string of the molecule is CCc1nn(C(C)C)c2c(N)nncc12. The Morgan fingerprint density at radius 2 is 2.20 bits per heavy atom. The van der Waals surface area contributed by atoms with E-state index >= 15 is 0 Å². The van der Waals surface area contributed by atoms with Crippen molar-refractivity contribution in [3.8, 4) is 0 Å². The first kappa shape index (κ1) is 9.89. The summed E-state index contributed by atoms with van der Waals surface area (Å²) in [6.45, 7) is 6.22. The molecule has 2 heterocycles. The van der Waals surface area contributed by atoms with E-state index in [1.165, 1.54) is 0 Å². The summed E-state index contributed by atoms with van der Waals surface area (Å²) in [5.74, 6) is 0.452. The molecule has 0 amide bonds. The Balaban J connectivity index is 2.82. The van der Waals surface area contributed by atoms with Crippen LogP contribution in [-0.2, 0) is 6.42 Å². The fraction of sp³-hybridized carbons (Fsp3) is 0.500. The lowest BCUT2D eigenvalue weighted by molar-refractivity contribution is 0.544. The predicted octanol–water partition coefficient (Wildman–Crippen LogP) is 1.55. The number of fused-ring (bicyclic) bond motifs is 1. The molecule has 80 valence electrons. The minimum atomic E-state index is 0.277. The van der Waals surface area contributed by atoms with E-state index in [1.807, 2.05) is 4.68 Å². The molecule has 0 spiro atoms. The van der Waals surface area contributed by atoms with E-state index in [9.17, 15) is 0 Å². The quantitative estimate of drug-likeness (QED) is 0.807. The topological polar surface area (TPSA) is 69.6 Å². The summed E-state index contributed by atoms with van der Waals surface area (Å²) in [6, 6.07) is 0.277. The van der Waals surface area contributed by atoms with Crippen LogP contribution in [0.3, 0.4) is 0 Å². The fourth-order valence-electron chi connectivity index (χ4n) is 1.72. The molecule has 5 nitrogen and oxygen atoms in total. The van der Waals surface area contributed by atoms with Crippen molar-refractivity contribution < 1.29 is 0 Å². The molecule has 0 aliphatic rings. The molecule has 2 N–H and O–H groups in total. The summed E-state index contributed by atoms with van der Waals surface area (Å²) >= 11 is 0. The van der Waals surface area contributed by atoms with E-state index in [0.29, 0.717) is 5.82 Å². The van der Waals surface area contributed by atoms with Crippen LogP contribution >= 0.6 is 0 Å². The molecule has 15 heavy (non-hydrogen) atoms. The zero-order chi connectivity index (χ0) is 11.0. The van der Waals surface area contributed by atoms with Gasteiger partial charge in [0.05, 0.1) is 11.9 Å². The lowest BCUT2D eigenvalue weighted by atomic mass is 10.2. The van der Waals surface area contributed by atoms with Crippen molar-refractivity contribution in [2.75, 3.05) is 5.73 Å². The zero-order valence-corrected chi connectivity index (χ0v) is 9.23. The number of nitrogens with zero attached hydrogens (tertiary/aromatic N) is 4. The molecule has 2 aromatic heterocycles. The molecule has 0 atom stereocenters. The Hall–Kier alpha value is -1.65.